The topological polar surface area (TPSA) is 75.7 Å². The number of anilines is 1. The van der Waals surface area contributed by atoms with Crippen LogP contribution in [0.4, 0.5) is 5.69 Å². The summed E-state index contributed by atoms with van der Waals surface area (Å²) in [6.45, 7) is 0.403. The number of sulfonamides is 1. The number of hydrogen-bond donors (Lipinski definition) is 1. The van der Waals surface area contributed by atoms with Crippen molar-refractivity contribution in [2.24, 2.45) is 0 Å². The smallest absolute Gasteiger partial charge is 0.264 e. The zero-order valence-electron chi connectivity index (χ0n) is 17.6. The zero-order chi connectivity index (χ0) is 23.4. The summed E-state index contributed by atoms with van der Waals surface area (Å²) < 4.78 is 33.5. The summed E-state index contributed by atoms with van der Waals surface area (Å²) in [5.74, 6) is -0.129. The monoisotopic (exact) mass is 504 g/mol. The quantitative estimate of drug-likeness (QED) is 0.499. The van der Waals surface area contributed by atoms with E-state index < -0.39 is 10.0 Å². The number of benzene rings is 3. The van der Waals surface area contributed by atoms with Crippen LogP contribution in [0.1, 0.15) is 17.5 Å². The van der Waals surface area contributed by atoms with Crippen LogP contribution in [0.5, 0.6) is 5.75 Å². The Morgan fingerprint density at radius 1 is 1.00 bits per heavy atom. The molecule has 0 aromatic heterocycles. The van der Waals surface area contributed by atoms with E-state index >= 15 is 0 Å². The van der Waals surface area contributed by atoms with Gasteiger partial charge in [-0.3, -0.25) is 9.10 Å². The zero-order valence-corrected chi connectivity index (χ0v) is 20.0. The van der Waals surface area contributed by atoms with E-state index in [1.165, 1.54) is 22.5 Å². The van der Waals surface area contributed by atoms with Crippen molar-refractivity contribution < 1.29 is 17.9 Å². The van der Waals surface area contributed by atoms with E-state index in [1.807, 2.05) is 42.5 Å². The minimum absolute atomic E-state index is 0.0692. The van der Waals surface area contributed by atoms with Crippen molar-refractivity contribution in [3.63, 3.8) is 0 Å². The summed E-state index contributed by atoms with van der Waals surface area (Å²) in [5, 5.41) is 3.40. The molecule has 1 aliphatic rings. The lowest BCUT2D eigenvalue weighted by atomic mass is 10.0. The lowest BCUT2D eigenvalue weighted by molar-refractivity contribution is -0.123. The molecule has 0 aliphatic carbocycles. The van der Waals surface area contributed by atoms with Gasteiger partial charge in [-0.2, -0.15) is 0 Å². The number of aryl methyl sites for hydroxylation is 1. The molecule has 172 valence electrons. The second-order valence-corrected chi connectivity index (χ2v) is 10.2. The van der Waals surface area contributed by atoms with E-state index in [4.69, 9.17) is 27.9 Å². The standard InChI is InChI=1S/C24H22Cl2N2O4S/c25-20-9-3-1-7-18(20)15-27-24(29)16-32-23-12-11-19(14-21(23)26)33(30,31)28-13-5-8-17-6-2-4-10-22(17)28/h1-4,6-7,9-12,14H,5,8,13,15-16H2,(H,27,29). The fourth-order valence-corrected chi connectivity index (χ4v) is 5.74. The summed E-state index contributed by atoms with van der Waals surface area (Å²) in [7, 11) is -3.79. The van der Waals surface area contributed by atoms with Crippen molar-refractivity contribution in [3.05, 3.63) is 87.9 Å². The average Bonchev–Trinajstić information content (AvgIpc) is 2.82. The maximum absolute atomic E-state index is 13.3. The Balaban J connectivity index is 1.42. The van der Waals surface area contributed by atoms with E-state index in [9.17, 15) is 13.2 Å². The average molecular weight is 505 g/mol. The Bertz CT molecular complexity index is 1280. The number of para-hydroxylation sites is 1. The molecule has 4 rings (SSSR count). The van der Waals surface area contributed by atoms with Gasteiger partial charge in [0, 0.05) is 18.1 Å². The van der Waals surface area contributed by atoms with Gasteiger partial charge < -0.3 is 10.1 Å². The van der Waals surface area contributed by atoms with Crippen molar-refractivity contribution in [3.8, 4) is 5.75 Å². The second-order valence-electron chi connectivity index (χ2n) is 7.56. The van der Waals surface area contributed by atoms with Crippen LogP contribution in [0.25, 0.3) is 0 Å². The van der Waals surface area contributed by atoms with Crippen molar-refractivity contribution in [2.45, 2.75) is 24.3 Å². The number of halogens is 2. The molecule has 0 bridgehead atoms. The summed E-state index contributed by atoms with van der Waals surface area (Å²) in [6, 6.07) is 19.0. The third-order valence-electron chi connectivity index (χ3n) is 5.35. The van der Waals surface area contributed by atoms with Crippen LogP contribution in [-0.2, 0) is 27.8 Å². The number of carbonyl (C=O) groups excluding carboxylic acids is 1. The third-order valence-corrected chi connectivity index (χ3v) is 7.82. The minimum atomic E-state index is -3.79. The summed E-state index contributed by atoms with van der Waals surface area (Å²) >= 11 is 12.4. The Labute approximate surface area is 203 Å². The van der Waals surface area contributed by atoms with Gasteiger partial charge in [0.1, 0.15) is 5.75 Å². The molecule has 0 saturated carbocycles. The first kappa shape index (κ1) is 23.4. The molecule has 1 aliphatic heterocycles. The van der Waals surface area contributed by atoms with Gasteiger partial charge in [0.05, 0.1) is 15.6 Å². The number of rotatable bonds is 7. The molecular formula is C24H22Cl2N2O4S. The number of ether oxygens (including phenoxy) is 1. The first-order valence-electron chi connectivity index (χ1n) is 10.4. The molecule has 0 fully saturated rings. The number of fused-ring (bicyclic) bond motifs is 1. The van der Waals surface area contributed by atoms with Crippen molar-refractivity contribution in [1.29, 1.82) is 0 Å². The molecule has 6 nitrogen and oxygen atoms in total. The number of nitrogens with one attached hydrogen (secondary N) is 1. The highest BCUT2D eigenvalue weighted by Gasteiger charge is 2.29. The molecule has 0 spiro atoms. The normalized spacial score (nSPS) is 13.3. The van der Waals surface area contributed by atoms with Crippen LogP contribution in [0.15, 0.2) is 71.6 Å². The molecule has 33 heavy (non-hydrogen) atoms. The molecule has 9 heteroatoms. The van der Waals surface area contributed by atoms with Crippen LogP contribution in [0.3, 0.4) is 0 Å². The summed E-state index contributed by atoms with van der Waals surface area (Å²) in [5.41, 5.74) is 2.48. The summed E-state index contributed by atoms with van der Waals surface area (Å²) in [6.07, 6.45) is 1.59. The molecule has 1 heterocycles. The Morgan fingerprint density at radius 2 is 1.76 bits per heavy atom. The molecule has 0 atom stereocenters. The van der Waals surface area contributed by atoms with E-state index in [1.54, 1.807) is 6.07 Å². The van der Waals surface area contributed by atoms with Gasteiger partial charge in [0.25, 0.3) is 15.9 Å². The molecular weight excluding hydrogens is 483 g/mol. The van der Waals surface area contributed by atoms with Crippen LogP contribution >= 0.6 is 23.2 Å². The van der Waals surface area contributed by atoms with Gasteiger partial charge in [-0.25, -0.2) is 8.42 Å². The largest absolute Gasteiger partial charge is 0.482 e. The molecule has 3 aromatic carbocycles. The van der Waals surface area contributed by atoms with Gasteiger partial charge in [0.2, 0.25) is 0 Å². The van der Waals surface area contributed by atoms with Crippen molar-refractivity contribution in [2.75, 3.05) is 17.5 Å². The van der Waals surface area contributed by atoms with Gasteiger partial charge in [-0.1, -0.05) is 59.6 Å². The molecule has 1 amide bonds. The first-order chi connectivity index (χ1) is 15.9. The lowest BCUT2D eigenvalue weighted by Gasteiger charge is -2.30. The highest BCUT2D eigenvalue weighted by Crippen LogP contribution is 2.34. The molecule has 3 aromatic rings. The Morgan fingerprint density at radius 3 is 2.55 bits per heavy atom. The number of carbonyl (C=O) groups is 1. The van der Waals surface area contributed by atoms with Crippen LogP contribution in [0.2, 0.25) is 10.0 Å². The fourth-order valence-electron chi connectivity index (χ4n) is 3.66. The van der Waals surface area contributed by atoms with Crippen molar-refractivity contribution >= 4 is 44.8 Å². The van der Waals surface area contributed by atoms with Gasteiger partial charge in [-0.05, 0) is 54.3 Å². The third kappa shape index (κ3) is 5.27. The fraction of sp³-hybridized carbons (Fsp3) is 0.208. The minimum Gasteiger partial charge on any atom is -0.482 e. The van der Waals surface area contributed by atoms with Crippen LogP contribution < -0.4 is 14.4 Å². The second kappa shape index (κ2) is 10.0. The van der Waals surface area contributed by atoms with E-state index in [0.717, 1.165) is 24.0 Å². The van der Waals surface area contributed by atoms with E-state index in [-0.39, 0.29) is 34.7 Å². The molecule has 1 N–H and O–H groups in total. The molecule has 0 radical (unpaired) electrons. The van der Waals surface area contributed by atoms with Gasteiger partial charge in [-0.15, -0.1) is 0 Å². The maximum Gasteiger partial charge on any atom is 0.264 e. The number of amides is 1. The predicted octanol–water partition coefficient (Wildman–Crippen LogP) is 4.83. The van der Waals surface area contributed by atoms with E-state index in [2.05, 4.69) is 5.32 Å². The maximum atomic E-state index is 13.3. The van der Waals surface area contributed by atoms with Crippen molar-refractivity contribution in [1.82, 2.24) is 5.32 Å². The number of hydrogen-bond acceptors (Lipinski definition) is 4. The number of nitrogens with zero attached hydrogens (tertiary/aromatic N) is 1. The van der Waals surface area contributed by atoms with Crippen LogP contribution in [-0.4, -0.2) is 27.5 Å². The predicted molar refractivity (Wildman–Crippen MR) is 130 cm³/mol. The lowest BCUT2D eigenvalue weighted by Crippen LogP contribution is -2.35. The first-order valence-corrected chi connectivity index (χ1v) is 12.6. The molecule has 0 unspecified atom stereocenters. The highest BCUT2D eigenvalue weighted by atomic mass is 35.5. The highest BCUT2D eigenvalue weighted by molar-refractivity contribution is 7.92. The van der Waals surface area contributed by atoms with Gasteiger partial charge >= 0.3 is 0 Å². The van der Waals surface area contributed by atoms with E-state index in [0.29, 0.717) is 17.3 Å². The molecule has 0 saturated heterocycles. The Kier molecular flexibility index (Phi) is 7.12. The van der Waals surface area contributed by atoms with Crippen LogP contribution in [0, 0.1) is 0 Å². The Hall–Kier alpha value is -2.74. The SMILES string of the molecule is O=C(COc1ccc(S(=O)(=O)N2CCCc3ccccc32)cc1Cl)NCc1ccccc1Cl. The van der Waals surface area contributed by atoms with Gasteiger partial charge in [0.15, 0.2) is 6.61 Å². The summed E-state index contributed by atoms with van der Waals surface area (Å²) in [4.78, 5) is 12.2.